The SMILES string of the molecule is C=CC(=O)Oc1ccc(OC(=O)C(=C)C)cc1.C=CC(=O)Oc1ccc(OC(=O)C=C)cc1. The predicted octanol–water partition coefficient (Wildman–Crippen LogP) is 4.13. The molecule has 33 heavy (non-hydrogen) atoms. The lowest BCUT2D eigenvalue weighted by Gasteiger charge is -2.05. The maximum Gasteiger partial charge on any atom is 0.338 e. The molecule has 2 aromatic carbocycles. The van der Waals surface area contributed by atoms with Crippen molar-refractivity contribution in [3.63, 3.8) is 0 Å². The van der Waals surface area contributed by atoms with E-state index in [1.54, 1.807) is 6.92 Å². The maximum atomic E-state index is 11.2. The van der Waals surface area contributed by atoms with Gasteiger partial charge in [-0.2, -0.15) is 0 Å². The van der Waals surface area contributed by atoms with Gasteiger partial charge in [-0.05, 0) is 55.5 Å². The Hall–Kier alpha value is -4.72. The molecular formula is C25H22O8. The van der Waals surface area contributed by atoms with Gasteiger partial charge in [-0.25, -0.2) is 19.2 Å². The zero-order chi connectivity index (χ0) is 24.8. The van der Waals surface area contributed by atoms with Gasteiger partial charge >= 0.3 is 23.9 Å². The van der Waals surface area contributed by atoms with E-state index in [0.29, 0.717) is 28.6 Å². The van der Waals surface area contributed by atoms with Gasteiger partial charge in [0.15, 0.2) is 0 Å². The third-order valence-corrected chi connectivity index (χ3v) is 3.36. The normalized spacial score (nSPS) is 9.12. The lowest BCUT2D eigenvalue weighted by atomic mass is 10.3. The molecule has 8 nitrogen and oxygen atoms in total. The van der Waals surface area contributed by atoms with E-state index in [0.717, 1.165) is 18.2 Å². The minimum Gasteiger partial charge on any atom is -0.423 e. The number of esters is 4. The summed E-state index contributed by atoms with van der Waals surface area (Å²) >= 11 is 0. The first-order valence-electron chi connectivity index (χ1n) is 9.29. The van der Waals surface area contributed by atoms with Crippen molar-refractivity contribution in [2.45, 2.75) is 6.92 Å². The summed E-state index contributed by atoms with van der Waals surface area (Å²) in [7, 11) is 0. The van der Waals surface area contributed by atoms with Crippen LogP contribution in [0.3, 0.4) is 0 Å². The number of hydrogen-bond acceptors (Lipinski definition) is 8. The molecule has 0 aliphatic rings. The van der Waals surface area contributed by atoms with Crippen molar-refractivity contribution in [3.05, 3.63) is 98.6 Å². The molecule has 0 heterocycles. The number of benzene rings is 2. The van der Waals surface area contributed by atoms with E-state index in [9.17, 15) is 19.2 Å². The lowest BCUT2D eigenvalue weighted by molar-refractivity contribution is -0.130. The fourth-order valence-corrected chi connectivity index (χ4v) is 1.82. The lowest BCUT2D eigenvalue weighted by Crippen LogP contribution is -2.08. The van der Waals surface area contributed by atoms with Gasteiger partial charge in [0.1, 0.15) is 23.0 Å². The van der Waals surface area contributed by atoms with Crippen molar-refractivity contribution in [2.24, 2.45) is 0 Å². The van der Waals surface area contributed by atoms with Gasteiger partial charge in [0.25, 0.3) is 0 Å². The van der Waals surface area contributed by atoms with Crippen molar-refractivity contribution < 1.29 is 38.1 Å². The first kappa shape index (κ1) is 26.3. The van der Waals surface area contributed by atoms with Gasteiger partial charge in [-0.3, -0.25) is 0 Å². The van der Waals surface area contributed by atoms with E-state index < -0.39 is 23.9 Å². The fourth-order valence-electron chi connectivity index (χ4n) is 1.82. The molecule has 0 radical (unpaired) electrons. The molecule has 0 spiro atoms. The molecule has 0 fully saturated rings. The first-order valence-corrected chi connectivity index (χ1v) is 9.29. The van der Waals surface area contributed by atoms with E-state index in [-0.39, 0.29) is 0 Å². The molecule has 0 aliphatic carbocycles. The Labute approximate surface area is 191 Å². The van der Waals surface area contributed by atoms with Crippen molar-refractivity contribution in [1.82, 2.24) is 0 Å². The number of hydrogen-bond donors (Lipinski definition) is 0. The molecule has 2 rings (SSSR count). The number of carbonyl (C=O) groups is 4. The summed E-state index contributed by atoms with van der Waals surface area (Å²) < 4.78 is 19.5. The topological polar surface area (TPSA) is 105 Å². The first-order chi connectivity index (χ1) is 15.7. The smallest absolute Gasteiger partial charge is 0.338 e. The predicted molar refractivity (Wildman–Crippen MR) is 121 cm³/mol. The zero-order valence-corrected chi connectivity index (χ0v) is 17.9. The van der Waals surface area contributed by atoms with Gasteiger partial charge in [0.2, 0.25) is 0 Å². The molecule has 0 saturated carbocycles. The van der Waals surface area contributed by atoms with Crippen LogP contribution in [0.4, 0.5) is 0 Å². The summed E-state index contributed by atoms with van der Waals surface area (Å²) in [6.07, 6.45) is 3.19. The van der Waals surface area contributed by atoms with Gasteiger partial charge in [-0.15, -0.1) is 0 Å². The molecule has 170 valence electrons. The van der Waals surface area contributed by atoms with Crippen LogP contribution in [0.5, 0.6) is 23.0 Å². The van der Waals surface area contributed by atoms with Crippen LogP contribution >= 0.6 is 0 Å². The summed E-state index contributed by atoms with van der Waals surface area (Å²) in [6, 6.07) is 12.1. The van der Waals surface area contributed by atoms with Crippen molar-refractivity contribution >= 4 is 23.9 Å². The van der Waals surface area contributed by atoms with Gasteiger partial charge in [0.05, 0.1) is 0 Å². The van der Waals surface area contributed by atoms with Crippen LogP contribution in [0.25, 0.3) is 0 Å². The highest BCUT2D eigenvalue weighted by Gasteiger charge is 2.06. The Morgan fingerprint density at radius 2 is 0.818 bits per heavy atom. The Kier molecular flexibility index (Phi) is 10.8. The minimum absolute atomic E-state index is 0.312. The average molecular weight is 450 g/mol. The van der Waals surface area contributed by atoms with E-state index in [4.69, 9.17) is 18.9 Å². The fraction of sp³-hybridized carbons (Fsp3) is 0.0400. The molecular weight excluding hydrogens is 428 g/mol. The molecule has 0 amide bonds. The van der Waals surface area contributed by atoms with E-state index in [2.05, 4.69) is 26.3 Å². The molecule has 0 saturated heterocycles. The molecule has 0 aliphatic heterocycles. The average Bonchev–Trinajstić information content (AvgIpc) is 2.81. The largest absolute Gasteiger partial charge is 0.423 e. The molecule has 0 aromatic heterocycles. The second-order valence-electron chi connectivity index (χ2n) is 5.99. The Morgan fingerprint density at radius 3 is 1.03 bits per heavy atom. The molecule has 8 heteroatoms. The molecule has 0 N–H and O–H groups in total. The Balaban J connectivity index is 0.000000331. The van der Waals surface area contributed by atoms with Crippen LogP contribution in [-0.2, 0) is 19.2 Å². The number of carbonyl (C=O) groups excluding carboxylic acids is 4. The second kappa shape index (κ2) is 13.6. The minimum atomic E-state index is -0.546. The van der Waals surface area contributed by atoms with Crippen LogP contribution in [-0.4, -0.2) is 23.9 Å². The zero-order valence-electron chi connectivity index (χ0n) is 17.9. The third kappa shape index (κ3) is 10.2. The highest BCUT2D eigenvalue weighted by molar-refractivity contribution is 5.89. The third-order valence-electron chi connectivity index (χ3n) is 3.36. The highest BCUT2D eigenvalue weighted by atomic mass is 16.5. The number of ether oxygens (including phenoxy) is 4. The van der Waals surface area contributed by atoms with Crippen LogP contribution in [0, 0.1) is 0 Å². The highest BCUT2D eigenvalue weighted by Crippen LogP contribution is 2.19. The second-order valence-corrected chi connectivity index (χ2v) is 5.99. The summed E-state index contributed by atoms with van der Waals surface area (Å²) in [5.74, 6) is -0.725. The van der Waals surface area contributed by atoms with E-state index in [1.807, 2.05) is 0 Å². The molecule has 0 bridgehead atoms. The van der Waals surface area contributed by atoms with Gasteiger partial charge in [0, 0.05) is 23.8 Å². The van der Waals surface area contributed by atoms with Crippen molar-refractivity contribution in [2.75, 3.05) is 0 Å². The van der Waals surface area contributed by atoms with E-state index >= 15 is 0 Å². The van der Waals surface area contributed by atoms with Crippen LogP contribution in [0.1, 0.15) is 6.92 Å². The van der Waals surface area contributed by atoms with Crippen LogP contribution in [0.2, 0.25) is 0 Å². The summed E-state index contributed by atoms with van der Waals surface area (Å²) in [5, 5.41) is 0. The Morgan fingerprint density at radius 1 is 0.576 bits per heavy atom. The molecule has 2 aromatic rings. The summed E-state index contributed by atoms with van der Waals surface area (Å²) in [5.41, 5.74) is 0.312. The van der Waals surface area contributed by atoms with Crippen molar-refractivity contribution in [3.8, 4) is 23.0 Å². The van der Waals surface area contributed by atoms with Crippen molar-refractivity contribution in [1.29, 1.82) is 0 Å². The molecule has 0 unspecified atom stereocenters. The van der Waals surface area contributed by atoms with E-state index in [1.165, 1.54) is 48.5 Å². The van der Waals surface area contributed by atoms with Gasteiger partial charge in [-0.1, -0.05) is 26.3 Å². The summed E-state index contributed by atoms with van der Waals surface area (Å²) in [4.78, 5) is 43.8. The monoisotopic (exact) mass is 450 g/mol. The maximum absolute atomic E-state index is 11.2. The summed E-state index contributed by atoms with van der Waals surface area (Å²) in [6.45, 7) is 14.8. The quantitative estimate of drug-likeness (QED) is 0.336. The standard InChI is InChI=1S/C13H12O4.C12H10O4/c1-4-12(14)16-10-5-7-11(8-6-10)17-13(15)9(2)3;1-3-11(13)15-9-5-7-10(8-6-9)16-12(14)4-2/h4-8H,1-2H2,3H3;3-8H,1-2H2. The van der Waals surface area contributed by atoms with Crippen LogP contribution in [0.15, 0.2) is 98.6 Å². The molecule has 0 atom stereocenters. The van der Waals surface area contributed by atoms with Crippen LogP contribution < -0.4 is 18.9 Å². The number of rotatable bonds is 8. The van der Waals surface area contributed by atoms with Gasteiger partial charge < -0.3 is 18.9 Å². The Bertz CT molecular complexity index is 1010.